The van der Waals surface area contributed by atoms with Crippen LogP contribution >= 0.6 is 36.2 Å². The van der Waals surface area contributed by atoms with E-state index < -0.39 is 0 Å². The van der Waals surface area contributed by atoms with Gasteiger partial charge in [0.05, 0.1) is 13.2 Å². The predicted octanol–water partition coefficient (Wildman–Crippen LogP) is 9.56. The number of benzene rings is 4. The van der Waals surface area contributed by atoms with Crippen LogP contribution in [-0.2, 0) is 25.7 Å². The molecule has 0 saturated heterocycles. The van der Waals surface area contributed by atoms with Gasteiger partial charge in [-0.3, -0.25) is 0 Å². The number of esters is 2. The number of carbonyl (C=O) groups is 2. The zero-order chi connectivity index (χ0) is 36.1. The van der Waals surface area contributed by atoms with Gasteiger partial charge in [-0.1, -0.05) is 49.0 Å². The Morgan fingerprint density at radius 2 is 1.04 bits per heavy atom. The van der Waals surface area contributed by atoms with E-state index >= 15 is 0 Å². The van der Waals surface area contributed by atoms with E-state index in [0.29, 0.717) is 25.6 Å². The lowest BCUT2D eigenvalue weighted by Crippen LogP contribution is -2.01. The first-order chi connectivity index (χ1) is 24.9. The molecule has 0 spiro atoms. The van der Waals surface area contributed by atoms with E-state index in [1.54, 1.807) is 23.5 Å². The van der Waals surface area contributed by atoms with Crippen LogP contribution in [0.5, 0.6) is 5.75 Å². The molecule has 0 aliphatic carbocycles. The van der Waals surface area contributed by atoms with Crippen molar-refractivity contribution < 1.29 is 23.8 Å². The number of hydrogen-bond donors (Lipinski definition) is 1. The number of unbranched alkanes of at least 4 members (excludes halogenated alkanes) is 2. The monoisotopic (exact) mass is 732 g/mol. The first kappa shape index (κ1) is 39.1. The molecule has 0 fully saturated rings. The Bertz CT molecular complexity index is 1880. The molecule has 0 radical (unpaired) electrons. The molecule has 5 nitrogen and oxygen atoms in total. The van der Waals surface area contributed by atoms with Crippen molar-refractivity contribution in [1.29, 1.82) is 0 Å². The van der Waals surface area contributed by atoms with Gasteiger partial charge in [0.25, 0.3) is 0 Å². The van der Waals surface area contributed by atoms with Gasteiger partial charge in [-0.25, -0.2) is 9.59 Å². The summed E-state index contributed by atoms with van der Waals surface area (Å²) in [7, 11) is 0. The minimum absolute atomic E-state index is 0.371. The van der Waals surface area contributed by atoms with Crippen molar-refractivity contribution in [2.75, 3.05) is 24.7 Å². The van der Waals surface area contributed by atoms with Crippen LogP contribution in [0.4, 0.5) is 0 Å². The first-order valence-corrected chi connectivity index (χ1v) is 19.0. The fraction of sp³-hybridized carbons (Fsp3) is 0.209. The van der Waals surface area contributed by atoms with E-state index in [4.69, 9.17) is 14.2 Å². The van der Waals surface area contributed by atoms with Crippen molar-refractivity contribution in [1.82, 2.24) is 0 Å². The topological polar surface area (TPSA) is 61.8 Å². The Morgan fingerprint density at radius 1 is 0.608 bits per heavy atom. The first-order valence-electron chi connectivity index (χ1n) is 16.5. The Morgan fingerprint density at radius 3 is 1.49 bits per heavy atom. The molecule has 0 aromatic heterocycles. The molecule has 4 aromatic carbocycles. The third kappa shape index (κ3) is 15.0. The zero-order valence-electron chi connectivity index (χ0n) is 28.4. The quantitative estimate of drug-likeness (QED) is 0.0290. The highest BCUT2D eigenvalue weighted by atomic mass is 32.2. The van der Waals surface area contributed by atoms with Crippen LogP contribution in [-0.4, -0.2) is 36.7 Å². The predicted molar refractivity (Wildman–Crippen MR) is 212 cm³/mol. The summed E-state index contributed by atoms with van der Waals surface area (Å²) in [5, 5.41) is 0. The van der Waals surface area contributed by atoms with Crippen molar-refractivity contribution >= 4 is 48.1 Å². The summed E-state index contributed by atoms with van der Waals surface area (Å²) in [4.78, 5) is 25.2. The maximum absolute atomic E-state index is 11.1. The molecule has 4 rings (SSSR count). The lowest BCUT2D eigenvalue weighted by atomic mass is 10.1. The van der Waals surface area contributed by atoms with Gasteiger partial charge in [0.15, 0.2) is 0 Å². The largest absolute Gasteiger partial charge is 0.488 e. The summed E-state index contributed by atoms with van der Waals surface area (Å²) in [6.45, 7) is 8.05. The van der Waals surface area contributed by atoms with Gasteiger partial charge < -0.3 is 14.2 Å². The summed E-state index contributed by atoms with van der Waals surface area (Å²) in [5.41, 5.74) is 4.72. The minimum Gasteiger partial charge on any atom is -0.488 e. The van der Waals surface area contributed by atoms with Crippen LogP contribution in [0, 0.1) is 23.7 Å². The molecule has 0 unspecified atom stereocenters. The van der Waals surface area contributed by atoms with Crippen molar-refractivity contribution in [3.63, 3.8) is 0 Å². The molecule has 51 heavy (non-hydrogen) atoms. The van der Waals surface area contributed by atoms with Crippen LogP contribution in [0.1, 0.15) is 53.5 Å². The van der Waals surface area contributed by atoms with Crippen LogP contribution in [0.15, 0.2) is 131 Å². The van der Waals surface area contributed by atoms with E-state index in [1.807, 2.05) is 66.7 Å². The molecular formula is C43H40O5S3. The van der Waals surface area contributed by atoms with Crippen LogP contribution < -0.4 is 4.74 Å². The van der Waals surface area contributed by atoms with E-state index in [2.05, 4.69) is 73.7 Å². The SMILES string of the molecule is C=CC(=O)OCCCCSc1ccc(C#Cc2ccc(COc3ccc(C#Cc4ccc(SCCCCOC(=O)C=C)cc4)cc3S)cc2)cc1. The van der Waals surface area contributed by atoms with E-state index in [0.717, 1.165) is 69.9 Å². The standard InChI is InChI=1S/C43H40O5S3/c1-3-42(44)46-27-5-7-29-50-38-22-17-34(18-23-38)10-9-33-12-15-37(16-13-33)32-48-40-26-21-36(31-41(40)49)14-11-35-19-24-39(25-20-35)51-30-8-6-28-47-43(45)4-2/h3-4,12-13,15-26,31,49H,1-2,5-8,27-30,32H2. The van der Waals surface area contributed by atoms with Crippen molar-refractivity contribution in [2.45, 2.75) is 47.0 Å². The highest BCUT2D eigenvalue weighted by molar-refractivity contribution is 7.99. The molecule has 8 heteroatoms. The lowest BCUT2D eigenvalue weighted by molar-refractivity contribution is -0.138. The van der Waals surface area contributed by atoms with Crippen molar-refractivity contribution in [3.8, 4) is 29.4 Å². The second kappa shape index (κ2) is 22.2. The Balaban J connectivity index is 1.17. The van der Waals surface area contributed by atoms with Crippen LogP contribution in [0.25, 0.3) is 0 Å². The summed E-state index contributed by atoms with van der Waals surface area (Å²) < 4.78 is 16.1. The Hall–Kier alpha value is -4.73. The van der Waals surface area contributed by atoms with Gasteiger partial charge in [0, 0.05) is 49.1 Å². The van der Waals surface area contributed by atoms with E-state index in [9.17, 15) is 9.59 Å². The summed E-state index contributed by atoms with van der Waals surface area (Å²) in [6, 6.07) is 30.2. The summed E-state index contributed by atoms with van der Waals surface area (Å²) in [6.07, 6.45) is 5.96. The Labute approximate surface area is 315 Å². The third-order valence-electron chi connectivity index (χ3n) is 7.15. The van der Waals surface area contributed by atoms with Gasteiger partial charge in [0.1, 0.15) is 12.4 Å². The third-order valence-corrected chi connectivity index (χ3v) is 9.70. The normalized spacial score (nSPS) is 10.1. The van der Waals surface area contributed by atoms with E-state index in [1.165, 1.54) is 21.9 Å². The number of rotatable bonds is 17. The fourth-order valence-corrected chi connectivity index (χ4v) is 6.48. The highest BCUT2D eigenvalue weighted by Crippen LogP contribution is 2.25. The molecular weight excluding hydrogens is 693 g/mol. The van der Waals surface area contributed by atoms with E-state index in [-0.39, 0.29) is 11.9 Å². The highest BCUT2D eigenvalue weighted by Gasteiger charge is 2.04. The fourth-order valence-electron chi connectivity index (χ4n) is 4.37. The smallest absolute Gasteiger partial charge is 0.330 e. The number of thioether (sulfide) groups is 2. The van der Waals surface area contributed by atoms with Crippen LogP contribution in [0.2, 0.25) is 0 Å². The maximum atomic E-state index is 11.1. The van der Waals surface area contributed by atoms with Gasteiger partial charge in [-0.05, 0) is 122 Å². The molecule has 0 saturated carbocycles. The lowest BCUT2D eigenvalue weighted by Gasteiger charge is -2.09. The molecule has 0 aliphatic heterocycles. The second-order valence-corrected chi connectivity index (χ2v) is 13.9. The minimum atomic E-state index is -0.374. The summed E-state index contributed by atoms with van der Waals surface area (Å²) >= 11 is 8.19. The zero-order valence-corrected chi connectivity index (χ0v) is 30.9. The average Bonchev–Trinajstić information content (AvgIpc) is 3.16. The van der Waals surface area contributed by atoms with Gasteiger partial charge in [-0.2, -0.15) is 0 Å². The number of hydrogen-bond acceptors (Lipinski definition) is 8. The molecule has 0 bridgehead atoms. The Kier molecular flexibility index (Phi) is 17.0. The molecule has 0 N–H and O–H groups in total. The number of carbonyl (C=O) groups excluding carboxylic acids is 2. The average molecular weight is 733 g/mol. The molecule has 0 aliphatic rings. The molecule has 0 amide bonds. The molecule has 260 valence electrons. The molecule has 4 aromatic rings. The van der Waals surface area contributed by atoms with Crippen molar-refractivity contribution in [3.05, 3.63) is 144 Å². The maximum Gasteiger partial charge on any atom is 0.330 e. The van der Waals surface area contributed by atoms with Gasteiger partial charge >= 0.3 is 11.9 Å². The molecule has 0 heterocycles. The van der Waals surface area contributed by atoms with Crippen LogP contribution in [0.3, 0.4) is 0 Å². The molecule has 0 atom stereocenters. The van der Waals surface area contributed by atoms with Gasteiger partial charge in [-0.15, -0.1) is 36.2 Å². The van der Waals surface area contributed by atoms with Crippen molar-refractivity contribution in [2.24, 2.45) is 0 Å². The summed E-state index contributed by atoms with van der Waals surface area (Å²) in [5.74, 6) is 14.8. The second-order valence-electron chi connectivity index (χ2n) is 11.1. The number of ether oxygens (including phenoxy) is 3. The van der Waals surface area contributed by atoms with Gasteiger partial charge in [0.2, 0.25) is 0 Å². The number of thiol groups is 1.